The number of hydrogen-bond acceptors (Lipinski definition) is 4. The predicted octanol–water partition coefficient (Wildman–Crippen LogP) is 3.06. The number of fused-ring (bicyclic) bond motifs is 1. The van der Waals surface area contributed by atoms with Crippen LogP contribution in [0.4, 0.5) is 9.18 Å². The SMILES string of the molecule is COC(=O)C(NC(=O)N1CCc2[nH]cnc2C1c1ccc(Cl)cc1F)C(C)C. The fourth-order valence-electron chi connectivity index (χ4n) is 3.37. The van der Waals surface area contributed by atoms with E-state index in [2.05, 4.69) is 15.3 Å². The molecule has 1 aromatic heterocycles. The number of hydrogen-bond donors (Lipinski definition) is 2. The van der Waals surface area contributed by atoms with Crippen LogP contribution in [0.15, 0.2) is 24.5 Å². The van der Waals surface area contributed by atoms with Gasteiger partial charge in [0.25, 0.3) is 0 Å². The molecule has 0 saturated heterocycles. The topological polar surface area (TPSA) is 87.3 Å². The molecule has 1 aliphatic rings. The van der Waals surface area contributed by atoms with E-state index in [4.69, 9.17) is 16.3 Å². The van der Waals surface area contributed by atoms with Crippen molar-refractivity contribution in [3.05, 3.63) is 52.3 Å². The van der Waals surface area contributed by atoms with Crippen molar-refractivity contribution >= 4 is 23.6 Å². The third kappa shape index (κ3) is 3.82. The summed E-state index contributed by atoms with van der Waals surface area (Å²) in [6.07, 6.45) is 2.07. The van der Waals surface area contributed by atoms with Crippen LogP contribution in [0, 0.1) is 11.7 Å². The summed E-state index contributed by atoms with van der Waals surface area (Å²) in [6.45, 7) is 3.94. The maximum atomic E-state index is 14.7. The minimum atomic E-state index is -0.811. The van der Waals surface area contributed by atoms with E-state index >= 15 is 0 Å². The second kappa shape index (κ2) is 8.18. The van der Waals surface area contributed by atoms with Gasteiger partial charge in [-0.25, -0.2) is 19.0 Å². The molecule has 0 radical (unpaired) electrons. The Morgan fingerprint density at radius 1 is 1.43 bits per heavy atom. The summed E-state index contributed by atoms with van der Waals surface area (Å²) in [5.41, 5.74) is 1.70. The van der Waals surface area contributed by atoms with Crippen LogP contribution in [0.25, 0.3) is 0 Å². The zero-order valence-corrected chi connectivity index (χ0v) is 16.6. The number of H-pyrrole nitrogens is 1. The lowest BCUT2D eigenvalue weighted by atomic mass is 9.95. The minimum Gasteiger partial charge on any atom is -0.467 e. The van der Waals surface area contributed by atoms with Gasteiger partial charge in [-0.05, 0) is 18.1 Å². The van der Waals surface area contributed by atoms with Gasteiger partial charge in [0.15, 0.2) is 0 Å². The zero-order valence-electron chi connectivity index (χ0n) is 15.8. The van der Waals surface area contributed by atoms with Crippen LogP contribution < -0.4 is 5.32 Å². The van der Waals surface area contributed by atoms with E-state index in [1.54, 1.807) is 26.0 Å². The molecule has 0 spiro atoms. The fourth-order valence-corrected chi connectivity index (χ4v) is 3.53. The fraction of sp³-hybridized carbons (Fsp3) is 0.421. The largest absolute Gasteiger partial charge is 0.467 e. The number of aromatic nitrogens is 2. The van der Waals surface area contributed by atoms with E-state index in [1.165, 1.54) is 24.4 Å². The highest BCUT2D eigenvalue weighted by molar-refractivity contribution is 6.30. The summed E-state index contributed by atoms with van der Waals surface area (Å²) in [5.74, 6) is -1.23. The minimum absolute atomic E-state index is 0.173. The monoisotopic (exact) mass is 408 g/mol. The molecule has 2 aromatic rings. The number of benzene rings is 1. The third-order valence-electron chi connectivity index (χ3n) is 4.84. The molecule has 1 aromatic carbocycles. The van der Waals surface area contributed by atoms with Gasteiger partial charge >= 0.3 is 12.0 Å². The molecule has 28 heavy (non-hydrogen) atoms. The highest BCUT2D eigenvalue weighted by Crippen LogP contribution is 2.35. The van der Waals surface area contributed by atoms with Gasteiger partial charge in [-0.1, -0.05) is 31.5 Å². The number of carbonyl (C=O) groups excluding carboxylic acids is 2. The highest BCUT2D eigenvalue weighted by Gasteiger charge is 2.37. The number of rotatable bonds is 4. The average Bonchev–Trinajstić information content (AvgIpc) is 3.13. The van der Waals surface area contributed by atoms with Crippen molar-refractivity contribution in [1.29, 1.82) is 0 Å². The van der Waals surface area contributed by atoms with Crippen molar-refractivity contribution in [2.45, 2.75) is 32.4 Å². The number of imidazole rings is 1. The smallest absolute Gasteiger partial charge is 0.328 e. The van der Waals surface area contributed by atoms with Gasteiger partial charge < -0.3 is 19.9 Å². The first-order valence-corrected chi connectivity index (χ1v) is 9.33. The van der Waals surface area contributed by atoms with Crippen molar-refractivity contribution < 1.29 is 18.7 Å². The van der Waals surface area contributed by atoms with E-state index in [0.717, 1.165) is 5.69 Å². The van der Waals surface area contributed by atoms with Gasteiger partial charge in [-0.2, -0.15) is 0 Å². The Labute approximate surface area is 167 Å². The number of methoxy groups -OCH3 is 1. The van der Waals surface area contributed by atoms with Crippen LogP contribution in [0.1, 0.15) is 36.8 Å². The molecule has 7 nitrogen and oxygen atoms in total. The number of ether oxygens (including phenoxy) is 1. The number of urea groups is 1. The molecule has 150 valence electrons. The lowest BCUT2D eigenvalue weighted by Gasteiger charge is -2.36. The third-order valence-corrected chi connectivity index (χ3v) is 5.08. The maximum absolute atomic E-state index is 14.7. The van der Waals surface area contributed by atoms with Gasteiger partial charge in [0.05, 0.1) is 19.1 Å². The van der Waals surface area contributed by atoms with Crippen LogP contribution in [0.3, 0.4) is 0 Å². The number of amides is 2. The first kappa shape index (κ1) is 20.1. The summed E-state index contributed by atoms with van der Waals surface area (Å²) in [6, 6.07) is 2.29. The molecule has 0 saturated carbocycles. The van der Waals surface area contributed by atoms with Gasteiger partial charge in [-0.15, -0.1) is 0 Å². The number of esters is 1. The second-order valence-corrected chi connectivity index (χ2v) is 7.41. The zero-order chi connectivity index (χ0) is 20.4. The number of halogens is 2. The Kier molecular flexibility index (Phi) is 5.88. The van der Waals surface area contributed by atoms with E-state index in [1.807, 2.05) is 0 Å². The predicted molar refractivity (Wildman–Crippen MR) is 101 cm³/mol. The summed E-state index contributed by atoms with van der Waals surface area (Å²) in [4.78, 5) is 33.9. The molecule has 0 bridgehead atoms. The van der Waals surface area contributed by atoms with E-state index in [9.17, 15) is 14.0 Å². The molecule has 2 amide bonds. The molecule has 0 aliphatic carbocycles. The Hall–Kier alpha value is -2.61. The Bertz CT molecular complexity index is 886. The van der Waals surface area contributed by atoms with E-state index in [0.29, 0.717) is 18.7 Å². The van der Waals surface area contributed by atoms with Gasteiger partial charge in [0.2, 0.25) is 0 Å². The van der Waals surface area contributed by atoms with Crippen LogP contribution in [0.5, 0.6) is 0 Å². The first-order valence-electron chi connectivity index (χ1n) is 8.95. The number of aromatic amines is 1. The van der Waals surface area contributed by atoms with Crippen LogP contribution in [-0.4, -0.2) is 46.6 Å². The summed E-state index contributed by atoms with van der Waals surface area (Å²) >= 11 is 5.88. The lowest BCUT2D eigenvalue weighted by molar-refractivity contribution is -0.144. The molecule has 0 fully saturated rings. The molecule has 2 N–H and O–H groups in total. The average molecular weight is 409 g/mol. The van der Waals surface area contributed by atoms with Crippen LogP contribution in [-0.2, 0) is 16.0 Å². The quantitative estimate of drug-likeness (QED) is 0.761. The molecular formula is C19H22ClFN4O3. The van der Waals surface area contributed by atoms with Crippen molar-refractivity contribution in [2.24, 2.45) is 5.92 Å². The number of carbonyl (C=O) groups is 2. The molecule has 2 heterocycles. The summed E-state index contributed by atoms with van der Waals surface area (Å²) in [5, 5.41) is 2.98. The van der Waals surface area contributed by atoms with Crippen molar-refractivity contribution in [1.82, 2.24) is 20.2 Å². The normalized spacial score (nSPS) is 17.2. The summed E-state index contributed by atoms with van der Waals surface area (Å²) < 4.78 is 19.5. The van der Waals surface area contributed by atoms with Gasteiger partial charge in [0, 0.05) is 29.2 Å². The highest BCUT2D eigenvalue weighted by atomic mass is 35.5. The van der Waals surface area contributed by atoms with Crippen LogP contribution in [0.2, 0.25) is 5.02 Å². The molecular weight excluding hydrogens is 387 g/mol. The van der Waals surface area contributed by atoms with E-state index < -0.39 is 29.9 Å². The first-order chi connectivity index (χ1) is 13.3. The maximum Gasteiger partial charge on any atom is 0.328 e. The van der Waals surface area contributed by atoms with Gasteiger partial charge in [0.1, 0.15) is 17.9 Å². The standard InChI is InChI=1S/C19H22ClFN4O3/c1-10(2)15(18(26)28-3)24-19(27)25-7-6-14-16(23-9-22-14)17(25)12-5-4-11(20)8-13(12)21/h4-5,8-10,15,17H,6-7H2,1-3H3,(H,22,23)(H,24,27). The van der Waals surface area contributed by atoms with Crippen molar-refractivity contribution in [3.63, 3.8) is 0 Å². The number of nitrogens with one attached hydrogen (secondary N) is 2. The van der Waals surface area contributed by atoms with E-state index in [-0.39, 0.29) is 16.5 Å². The van der Waals surface area contributed by atoms with Crippen molar-refractivity contribution in [3.8, 4) is 0 Å². The van der Waals surface area contributed by atoms with Crippen LogP contribution >= 0.6 is 11.6 Å². The molecule has 2 atom stereocenters. The van der Waals surface area contributed by atoms with Gasteiger partial charge in [-0.3, -0.25) is 0 Å². The molecule has 3 rings (SSSR count). The molecule has 9 heteroatoms. The Balaban J connectivity index is 1.96. The second-order valence-electron chi connectivity index (χ2n) is 6.97. The molecule has 2 unspecified atom stereocenters. The Morgan fingerprint density at radius 3 is 2.82 bits per heavy atom. The summed E-state index contributed by atoms with van der Waals surface area (Å²) in [7, 11) is 1.27. The lowest BCUT2D eigenvalue weighted by Crippen LogP contribution is -2.53. The number of nitrogens with zero attached hydrogens (tertiary/aromatic N) is 2. The Morgan fingerprint density at radius 2 is 2.18 bits per heavy atom. The van der Waals surface area contributed by atoms with Crippen molar-refractivity contribution in [2.75, 3.05) is 13.7 Å². The molecule has 1 aliphatic heterocycles.